The number of nitrogens with zero attached hydrogens (tertiary/aromatic N) is 1. The fourth-order valence-corrected chi connectivity index (χ4v) is 3.08. The van der Waals surface area contributed by atoms with Crippen LogP contribution in [0.3, 0.4) is 0 Å². The highest BCUT2D eigenvalue weighted by atomic mass is 127. The second kappa shape index (κ2) is 5.48. The van der Waals surface area contributed by atoms with Crippen LogP contribution < -0.4 is 4.74 Å². The summed E-state index contributed by atoms with van der Waals surface area (Å²) in [5.41, 5.74) is 1.91. The van der Waals surface area contributed by atoms with E-state index in [1.165, 1.54) is 0 Å². The van der Waals surface area contributed by atoms with Gasteiger partial charge in [0.25, 0.3) is 0 Å². The number of para-hydroxylation sites is 1. The summed E-state index contributed by atoms with van der Waals surface area (Å²) in [4.78, 5) is 4.85. The lowest BCUT2D eigenvalue weighted by Gasteiger charge is -2.31. The molecule has 1 atom stereocenters. The summed E-state index contributed by atoms with van der Waals surface area (Å²) in [5, 5.41) is 0. The maximum absolute atomic E-state index is 5.99. The third-order valence-corrected chi connectivity index (χ3v) is 5.39. The number of fused-ring (bicyclic) bond motifs is 1. The van der Waals surface area contributed by atoms with Gasteiger partial charge in [-0.15, -0.1) is 0 Å². The van der Waals surface area contributed by atoms with E-state index in [0.29, 0.717) is 5.90 Å². The van der Waals surface area contributed by atoms with Crippen LogP contribution in [0.25, 0.3) is 0 Å². The van der Waals surface area contributed by atoms with E-state index in [9.17, 15) is 0 Å². The Labute approximate surface area is 140 Å². The van der Waals surface area contributed by atoms with E-state index >= 15 is 0 Å². The zero-order valence-electron chi connectivity index (χ0n) is 10.9. The molecular weight excluding hydrogens is 429 g/mol. The molecule has 0 fully saturated rings. The quantitative estimate of drug-likeness (QED) is 0.477. The topological polar surface area (TPSA) is 21.6 Å². The van der Waals surface area contributed by atoms with Crippen LogP contribution in [-0.4, -0.2) is 10.3 Å². The lowest BCUT2D eigenvalue weighted by Crippen LogP contribution is -2.31. The molecule has 20 heavy (non-hydrogen) atoms. The molecule has 0 amide bonds. The van der Waals surface area contributed by atoms with Crippen molar-refractivity contribution in [2.45, 2.75) is 12.5 Å². The lowest BCUT2D eigenvalue weighted by atomic mass is 9.93. The van der Waals surface area contributed by atoms with Gasteiger partial charge in [-0.25, -0.2) is 4.99 Å². The van der Waals surface area contributed by atoms with E-state index in [1.54, 1.807) is 0 Å². The molecule has 2 aromatic carbocycles. The Hall–Kier alpha value is -0.880. The average molecular weight is 442 g/mol. The molecule has 0 radical (unpaired) electrons. The zero-order valence-corrected chi connectivity index (χ0v) is 14.7. The van der Waals surface area contributed by atoms with Crippen molar-refractivity contribution in [2.75, 3.05) is 4.43 Å². The van der Waals surface area contributed by atoms with Crippen molar-refractivity contribution in [2.24, 2.45) is 4.99 Å². The average Bonchev–Trinajstić information content (AvgIpc) is 2.48. The molecule has 3 rings (SSSR count). The van der Waals surface area contributed by atoms with Crippen LogP contribution >= 0.6 is 38.5 Å². The van der Waals surface area contributed by atoms with Crippen molar-refractivity contribution in [3.05, 3.63) is 64.1 Å². The van der Waals surface area contributed by atoms with Gasteiger partial charge in [0.1, 0.15) is 5.75 Å². The van der Waals surface area contributed by atoms with Gasteiger partial charge < -0.3 is 4.74 Å². The molecule has 0 saturated carbocycles. The number of aliphatic imine (C=N–C) groups is 1. The monoisotopic (exact) mass is 441 g/mol. The highest BCUT2D eigenvalue weighted by Gasteiger charge is 2.33. The van der Waals surface area contributed by atoms with E-state index in [-0.39, 0.29) is 5.54 Å². The van der Waals surface area contributed by atoms with Gasteiger partial charge in [-0.2, -0.15) is 0 Å². The number of ether oxygens (including phenoxy) is 1. The first-order valence-electron chi connectivity index (χ1n) is 6.31. The number of rotatable bonds is 2. The minimum Gasteiger partial charge on any atom is -0.438 e. The third-order valence-electron chi connectivity index (χ3n) is 3.37. The minimum atomic E-state index is -0.238. The summed E-state index contributed by atoms with van der Waals surface area (Å²) < 4.78 is 7.95. The van der Waals surface area contributed by atoms with Crippen molar-refractivity contribution >= 4 is 44.4 Å². The van der Waals surface area contributed by atoms with E-state index in [2.05, 4.69) is 51.5 Å². The molecular formula is C16H13BrINO. The van der Waals surface area contributed by atoms with Crippen LogP contribution in [0.2, 0.25) is 0 Å². The van der Waals surface area contributed by atoms with Crippen LogP contribution in [0.1, 0.15) is 18.1 Å². The van der Waals surface area contributed by atoms with Gasteiger partial charge in [-0.05, 0) is 37.3 Å². The smallest absolute Gasteiger partial charge is 0.222 e. The summed E-state index contributed by atoms with van der Waals surface area (Å²) in [6, 6.07) is 16.2. The molecule has 1 unspecified atom stereocenters. The Morgan fingerprint density at radius 2 is 1.85 bits per heavy atom. The molecule has 2 nitrogen and oxygen atoms in total. The van der Waals surface area contributed by atoms with E-state index in [4.69, 9.17) is 9.73 Å². The number of benzene rings is 2. The SMILES string of the molecule is CC1(CI)N=C(c2ccc(Br)cc2)Oc2ccccc21. The van der Waals surface area contributed by atoms with Crippen LogP contribution in [0.15, 0.2) is 58.0 Å². The third kappa shape index (κ3) is 2.51. The number of hydrogen-bond donors (Lipinski definition) is 0. The Morgan fingerprint density at radius 3 is 2.55 bits per heavy atom. The van der Waals surface area contributed by atoms with Crippen LogP contribution in [0.4, 0.5) is 0 Å². The molecule has 0 bridgehead atoms. The predicted molar refractivity (Wildman–Crippen MR) is 94.0 cm³/mol. The van der Waals surface area contributed by atoms with E-state index < -0.39 is 0 Å². The number of halogens is 2. The molecule has 0 aliphatic carbocycles. The van der Waals surface area contributed by atoms with Gasteiger partial charge in [-0.3, -0.25) is 0 Å². The maximum atomic E-state index is 5.99. The van der Waals surface area contributed by atoms with Gasteiger partial charge >= 0.3 is 0 Å². The molecule has 1 heterocycles. The fourth-order valence-electron chi connectivity index (χ4n) is 2.23. The highest BCUT2D eigenvalue weighted by molar-refractivity contribution is 14.1. The Morgan fingerprint density at radius 1 is 1.15 bits per heavy atom. The summed E-state index contributed by atoms with van der Waals surface area (Å²) in [7, 11) is 0. The molecule has 0 saturated heterocycles. The number of hydrogen-bond acceptors (Lipinski definition) is 2. The second-order valence-corrected chi connectivity index (χ2v) is 6.61. The van der Waals surface area contributed by atoms with Crippen molar-refractivity contribution in [1.29, 1.82) is 0 Å². The van der Waals surface area contributed by atoms with Crippen molar-refractivity contribution in [3.8, 4) is 5.75 Å². The van der Waals surface area contributed by atoms with Crippen LogP contribution in [0.5, 0.6) is 5.75 Å². The number of alkyl halides is 1. The van der Waals surface area contributed by atoms with Crippen LogP contribution in [-0.2, 0) is 5.54 Å². The first-order valence-corrected chi connectivity index (χ1v) is 8.63. The van der Waals surface area contributed by atoms with Crippen molar-refractivity contribution in [1.82, 2.24) is 0 Å². The summed E-state index contributed by atoms with van der Waals surface area (Å²) in [6.45, 7) is 2.15. The van der Waals surface area contributed by atoms with Crippen LogP contribution in [0, 0.1) is 0 Å². The summed E-state index contributed by atoms with van der Waals surface area (Å²) in [6.07, 6.45) is 0. The first kappa shape index (κ1) is 14.1. The minimum absolute atomic E-state index is 0.238. The normalized spacial score (nSPS) is 20.9. The summed E-state index contributed by atoms with van der Waals surface area (Å²) >= 11 is 5.83. The van der Waals surface area contributed by atoms with Gasteiger partial charge in [0, 0.05) is 20.0 Å². The zero-order chi connectivity index (χ0) is 14.2. The molecule has 0 N–H and O–H groups in total. The van der Waals surface area contributed by atoms with Gasteiger partial charge in [-0.1, -0.05) is 56.7 Å². The van der Waals surface area contributed by atoms with E-state index in [0.717, 1.165) is 25.8 Å². The Balaban J connectivity index is 2.09. The molecule has 0 spiro atoms. The second-order valence-electron chi connectivity index (χ2n) is 4.93. The maximum Gasteiger partial charge on any atom is 0.222 e. The molecule has 1 aliphatic heterocycles. The first-order chi connectivity index (χ1) is 9.62. The molecule has 1 aliphatic rings. The van der Waals surface area contributed by atoms with Crippen molar-refractivity contribution in [3.63, 3.8) is 0 Å². The fraction of sp³-hybridized carbons (Fsp3) is 0.188. The molecule has 102 valence electrons. The Bertz CT molecular complexity index is 668. The molecule has 0 aromatic heterocycles. The van der Waals surface area contributed by atoms with E-state index in [1.807, 2.05) is 42.5 Å². The van der Waals surface area contributed by atoms with Gasteiger partial charge in [0.2, 0.25) is 5.90 Å². The molecule has 4 heteroatoms. The lowest BCUT2D eigenvalue weighted by molar-refractivity contribution is 0.449. The van der Waals surface area contributed by atoms with Crippen molar-refractivity contribution < 1.29 is 4.74 Å². The highest BCUT2D eigenvalue weighted by Crippen LogP contribution is 2.39. The van der Waals surface area contributed by atoms with Gasteiger partial charge in [0.15, 0.2) is 0 Å². The largest absolute Gasteiger partial charge is 0.438 e. The van der Waals surface area contributed by atoms with Gasteiger partial charge in [0.05, 0.1) is 5.54 Å². The molecule has 2 aromatic rings. The Kier molecular flexibility index (Phi) is 3.86. The predicted octanol–water partition coefficient (Wildman–Crippen LogP) is 4.94. The standard InChI is InChI=1S/C16H13BrINO/c1-16(10-18)13-4-2-3-5-14(13)20-15(19-16)11-6-8-12(17)9-7-11/h2-9H,10H2,1H3. The summed E-state index contributed by atoms with van der Waals surface area (Å²) in [5.74, 6) is 1.59.